The Bertz CT molecular complexity index is 161. The summed E-state index contributed by atoms with van der Waals surface area (Å²) in [4.78, 5) is 0. The van der Waals surface area contributed by atoms with Gasteiger partial charge in [0.2, 0.25) is 0 Å². The van der Waals surface area contributed by atoms with E-state index in [1.807, 2.05) is 0 Å². The molecule has 0 aliphatic carbocycles. The van der Waals surface area contributed by atoms with E-state index in [0.29, 0.717) is 13.0 Å². The summed E-state index contributed by atoms with van der Waals surface area (Å²) < 4.78 is 21.0. The molecule has 0 aromatic heterocycles. The van der Waals surface area contributed by atoms with E-state index in [-0.39, 0.29) is 18.0 Å². The van der Waals surface area contributed by atoms with E-state index in [4.69, 9.17) is 18.9 Å². The summed E-state index contributed by atoms with van der Waals surface area (Å²) in [6, 6.07) is 0. The molecule has 1 atom stereocenters. The van der Waals surface area contributed by atoms with Gasteiger partial charge in [-0.3, -0.25) is 0 Å². The van der Waals surface area contributed by atoms with Crippen LogP contribution in [0, 0.1) is 5.41 Å². The summed E-state index contributed by atoms with van der Waals surface area (Å²) in [7, 11) is 4.84. The molecule has 4 nitrogen and oxygen atoms in total. The van der Waals surface area contributed by atoms with Gasteiger partial charge in [-0.25, -0.2) is 0 Å². The first kappa shape index (κ1) is 15.8. The first-order chi connectivity index (χ1) is 7.42. The molecule has 0 spiro atoms. The van der Waals surface area contributed by atoms with Crippen molar-refractivity contribution in [1.82, 2.24) is 0 Å². The maximum absolute atomic E-state index is 5.62. The van der Waals surface area contributed by atoms with Crippen molar-refractivity contribution in [1.29, 1.82) is 0 Å². The maximum Gasteiger partial charge on any atom is 0.162 e. The van der Waals surface area contributed by atoms with Gasteiger partial charge in [-0.2, -0.15) is 0 Å². The zero-order valence-electron chi connectivity index (χ0n) is 11.4. The third-order valence-corrected chi connectivity index (χ3v) is 2.33. The fraction of sp³-hybridized carbons (Fsp3) is 1.00. The normalized spacial score (nSPS) is 14.4. The fourth-order valence-electron chi connectivity index (χ4n) is 1.17. The number of rotatable bonds is 8. The topological polar surface area (TPSA) is 36.9 Å². The van der Waals surface area contributed by atoms with Crippen molar-refractivity contribution in [3.05, 3.63) is 0 Å². The van der Waals surface area contributed by atoms with Crippen molar-refractivity contribution in [2.24, 2.45) is 5.41 Å². The van der Waals surface area contributed by atoms with E-state index in [9.17, 15) is 0 Å². The Morgan fingerprint density at radius 3 is 1.75 bits per heavy atom. The van der Waals surface area contributed by atoms with Crippen molar-refractivity contribution >= 4 is 0 Å². The highest BCUT2D eigenvalue weighted by atomic mass is 16.7. The SMILES string of the molecule is COC(CC(OC)OCCC(C)(C)C)OC. The number of hydrogen-bond donors (Lipinski definition) is 0. The maximum atomic E-state index is 5.62. The number of hydrogen-bond acceptors (Lipinski definition) is 4. The van der Waals surface area contributed by atoms with Crippen molar-refractivity contribution in [2.45, 2.75) is 46.2 Å². The van der Waals surface area contributed by atoms with Crippen LogP contribution in [0.15, 0.2) is 0 Å². The summed E-state index contributed by atoms with van der Waals surface area (Å²) in [6.07, 6.45) is 1.03. The molecule has 0 saturated carbocycles. The molecule has 0 amide bonds. The van der Waals surface area contributed by atoms with Gasteiger partial charge in [-0.1, -0.05) is 20.8 Å². The molecule has 0 aromatic rings. The first-order valence-electron chi connectivity index (χ1n) is 5.63. The molecule has 0 aromatic carbocycles. The molecule has 0 radical (unpaired) electrons. The molecule has 0 aliphatic heterocycles. The Morgan fingerprint density at radius 1 is 0.875 bits per heavy atom. The third kappa shape index (κ3) is 8.05. The Hall–Kier alpha value is -0.160. The molecule has 0 N–H and O–H groups in total. The molecular weight excluding hydrogens is 208 g/mol. The van der Waals surface area contributed by atoms with Crippen LogP contribution >= 0.6 is 0 Å². The fourth-order valence-corrected chi connectivity index (χ4v) is 1.17. The van der Waals surface area contributed by atoms with Gasteiger partial charge in [0, 0.05) is 27.8 Å². The zero-order chi connectivity index (χ0) is 12.6. The van der Waals surface area contributed by atoms with Crippen LogP contribution in [0.1, 0.15) is 33.6 Å². The molecule has 0 saturated heterocycles. The van der Waals surface area contributed by atoms with Crippen LogP contribution in [-0.2, 0) is 18.9 Å². The largest absolute Gasteiger partial charge is 0.356 e. The van der Waals surface area contributed by atoms with Crippen molar-refractivity contribution in [3.8, 4) is 0 Å². The lowest BCUT2D eigenvalue weighted by molar-refractivity contribution is -0.190. The van der Waals surface area contributed by atoms with E-state index < -0.39 is 0 Å². The average Bonchev–Trinajstić information content (AvgIpc) is 2.21. The summed E-state index contributed by atoms with van der Waals surface area (Å²) in [5.41, 5.74) is 0.278. The molecule has 0 fully saturated rings. The van der Waals surface area contributed by atoms with Crippen LogP contribution in [-0.4, -0.2) is 40.5 Å². The molecule has 4 heteroatoms. The molecule has 1 unspecified atom stereocenters. The Balaban J connectivity index is 3.83. The second kappa shape index (κ2) is 8.01. The van der Waals surface area contributed by atoms with Crippen LogP contribution in [0.25, 0.3) is 0 Å². The molecule has 98 valence electrons. The van der Waals surface area contributed by atoms with Gasteiger partial charge in [0.1, 0.15) is 0 Å². The molecule has 16 heavy (non-hydrogen) atoms. The summed E-state index contributed by atoms with van der Waals surface area (Å²) >= 11 is 0. The number of ether oxygens (including phenoxy) is 4. The predicted octanol–water partition coefficient (Wildman–Crippen LogP) is 2.42. The van der Waals surface area contributed by atoms with Crippen LogP contribution in [0.3, 0.4) is 0 Å². The van der Waals surface area contributed by atoms with Gasteiger partial charge in [0.05, 0.1) is 6.61 Å². The highest BCUT2D eigenvalue weighted by molar-refractivity contribution is 4.60. The van der Waals surface area contributed by atoms with E-state index in [0.717, 1.165) is 6.42 Å². The highest BCUT2D eigenvalue weighted by Crippen LogP contribution is 2.19. The minimum Gasteiger partial charge on any atom is -0.356 e. The Kier molecular flexibility index (Phi) is 7.93. The lowest BCUT2D eigenvalue weighted by atomic mass is 9.93. The quantitative estimate of drug-likeness (QED) is 0.604. The van der Waals surface area contributed by atoms with Gasteiger partial charge in [0.25, 0.3) is 0 Å². The monoisotopic (exact) mass is 234 g/mol. The van der Waals surface area contributed by atoms with Crippen molar-refractivity contribution in [2.75, 3.05) is 27.9 Å². The van der Waals surface area contributed by atoms with E-state index >= 15 is 0 Å². The van der Waals surface area contributed by atoms with Gasteiger partial charge >= 0.3 is 0 Å². The lowest BCUT2D eigenvalue weighted by Gasteiger charge is -2.23. The van der Waals surface area contributed by atoms with Crippen molar-refractivity contribution < 1.29 is 18.9 Å². The minimum absolute atomic E-state index is 0.271. The van der Waals surface area contributed by atoms with Gasteiger partial charge in [-0.15, -0.1) is 0 Å². The first-order valence-corrected chi connectivity index (χ1v) is 5.63. The second-order valence-corrected chi connectivity index (χ2v) is 4.98. The minimum atomic E-state index is -0.278. The van der Waals surface area contributed by atoms with Crippen LogP contribution in [0.5, 0.6) is 0 Å². The lowest BCUT2D eigenvalue weighted by Crippen LogP contribution is -2.26. The number of methoxy groups -OCH3 is 3. The van der Waals surface area contributed by atoms with Gasteiger partial charge in [-0.05, 0) is 11.8 Å². The summed E-state index contributed by atoms with van der Waals surface area (Å²) in [5, 5.41) is 0. The van der Waals surface area contributed by atoms with E-state index in [1.54, 1.807) is 21.3 Å². The predicted molar refractivity (Wildman–Crippen MR) is 63.2 cm³/mol. The highest BCUT2D eigenvalue weighted by Gasteiger charge is 2.17. The zero-order valence-corrected chi connectivity index (χ0v) is 11.4. The molecule has 0 bridgehead atoms. The standard InChI is InChI=1S/C12H26O4/c1-12(2,3)7-8-16-11(15-6)9-10(13-4)14-5/h10-11H,7-9H2,1-6H3. The van der Waals surface area contributed by atoms with E-state index in [1.165, 1.54) is 0 Å². The Labute approximate surface area is 99.2 Å². The molecular formula is C12H26O4. The summed E-state index contributed by atoms with van der Waals surface area (Å²) in [6.45, 7) is 7.24. The van der Waals surface area contributed by atoms with Gasteiger partial charge < -0.3 is 18.9 Å². The summed E-state index contributed by atoms with van der Waals surface area (Å²) in [5.74, 6) is 0. The van der Waals surface area contributed by atoms with Crippen LogP contribution < -0.4 is 0 Å². The second-order valence-electron chi connectivity index (χ2n) is 4.98. The van der Waals surface area contributed by atoms with E-state index in [2.05, 4.69) is 20.8 Å². The molecule has 0 heterocycles. The third-order valence-electron chi connectivity index (χ3n) is 2.33. The van der Waals surface area contributed by atoms with Gasteiger partial charge in [0.15, 0.2) is 12.6 Å². The molecule has 0 rings (SSSR count). The Morgan fingerprint density at radius 2 is 1.38 bits per heavy atom. The smallest absolute Gasteiger partial charge is 0.162 e. The van der Waals surface area contributed by atoms with Crippen LogP contribution in [0.2, 0.25) is 0 Å². The van der Waals surface area contributed by atoms with Crippen LogP contribution in [0.4, 0.5) is 0 Å². The molecule has 0 aliphatic rings. The average molecular weight is 234 g/mol. The van der Waals surface area contributed by atoms with Crippen molar-refractivity contribution in [3.63, 3.8) is 0 Å².